The van der Waals surface area contributed by atoms with E-state index in [1.165, 1.54) is 0 Å². The van der Waals surface area contributed by atoms with Gasteiger partial charge in [-0.25, -0.2) is 4.68 Å². The Kier molecular flexibility index (Phi) is 1.90. The summed E-state index contributed by atoms with van der Waals surface area (Å²) in [6.07, 6.45) is -1.46. The minimum absolute atomic E-state index is 0.205. The zero-order valence-electron chi connectivity index (χ0n) is 9.36. The first kappa shape index (κ1) is 10.1. The van der Waals surface area contributed by atoms with E-state index in [-0.39, 0.29) is 6.04 Å². The predicted molar refractivity (Wildman–Crippen MR) is 51.3 cm³/mol. The average molecular weight is 226 g/mol. The Hall–Kier alpha value is -1.05. The Bertz CT molecular complexity index is 419. The first-order chi connectivity index (χ1) is 7.49. The van der Waals surface area contributed by atoms with Crippen LogP contribution >= 0.6 is 0 Å². The zero-order valence-corrected chi connectivity index (χ0v) is 9.36. The van der Waals surface area contributed by atoms with E-state index in [2.05, 4.69) is 15.5 Å². The summed E-state index contributed by atoms with van der Waals surface area (Å²) in [6.45, 7) is 5.49. The molecule has 0 radical (unpaired) electrons. The molecule has 88 valence electrons. The SMILES string of the molecule is C[C@H]1[C@H](O)[C@H]2OC(C)(C)O[C@H]2c2nnnn21. The van der Waals surface area contributed by atoms with Crippen LogP contribution in [0.5, 0.6) is 0 Å². The van der Waals surface area contributed by atoms with Gasteiger partial charge in [-0.15, -0.1) is 5.10 Å². The van der Waals surface area contributed by atoms with Gasteiger partial charge in [0.25, 0.3) is 0 Å². The van der Waals surface area contributed by atoms with Gasteiger partial charge in [0.2, 0.25) is 0 Å². The normalized spacial score (nSPS) is 40.5. The van der Waals surface area contributed by atoms with E-state index < -0.39 is 24.1 Å². The van der Waals surface area contributed by atoms with Crippen molar-refractivity contribution in [2.24, 2.45) is 0 Å². The maximum atomic E-state index is 10.1. The summed E-state index contributed by atoms with van der Waals surface area (Å²) in [6, 6.07) is -0.205. The third-order valence-corrected chi connectivity index (χ3v) is 3.12. The number of nitrogens with zero attached hydrogens (tertiary/aromatic N) is 4. The molecule has 2 aliphatic rings. The van der Waals surface area contributed by atoms with Gasteiger partial charge in [-0.05, 0) is 31.2 Å². The van der Waals surface area contributed by atoms with Crippen molar-refractivity contribution in [3.63, 3.8) is 0 Å². The largest absolute Gasteiger partial charge is 0.388 e. The fourth-order valence-corrected chi connectivity index (χ4v) is 2.34. The number of aliphatic hydroxyl groups is 1. The quantitative estimate of drug-likeness (QED) is 0.659. The number of hydrogen-bond acceptors (Lipinski definition) is 6. The van der Waals surface area contributed by atoms with Crippen molar-refractivity contribution in [2.45, 2.75) is 50.9 Å². The molecule has 16 heavy (non-hydrogen) atoms. The number of hydrogen-bond donors (Lipinski definition) is 1. The Morgan fingerprint density at radius 2 is 2.12 bits per heavy atom. The van der Waals surface area contributed by atoms with Crippen LogP contribution in [0.3, 0.4) is 0 Å². The van der Waals surface area contributed by atoms with Crippen molar-refractivity contribution in [1.29, 1.82) is 0 Å². The van der Waals surface area contributed by atoms with E-state index in [1.807, 2.05) is 20.8 Å². The molecule has 0 amide bonds. The molecule has 0 bridgehead atoms. The lowest BCUT2D eigenvalue weighted by Crippen LogP contribution is -2.43. The molecule has 1 saturated heterocycles. The molecule has 0 aliphatic carbocycles. The van der Waals surface area contributed by atoms with Crippen LogP contribution in [-0.4, -0.2) is 43.3 Å². The average Bonchev–Trinajstić information content (AvgIpc) is 2.77. The first-order valence-corrected chi connectivity index (χ1v) is 5.31. The summed E-state index contributed by atoms with van der Waals surface area (Å²) < 4.78 is 13.0. The molecule has 7 heteroatoms. The van der Waals surface area contributed by atoms with Crippen LogP contribution in [0.2, 0.25) is 0 Å². The summed E-state index contributed by atoms with van der Waals surface area (Å²) in [5, 5.41) is 21.5. The minimum Gasteiger partial charge on any atom is -0.388 e. The van der Waals surface area contributed by atoms with Crippen LogP contribution < -0.4 is 0 Å². The van der Waals surface area contributed by atoms with E-state index in [1.54, 1.807) is 4.68 Å². The molecule has 1 aromatic rings. The molecule has 0 aromatic carbocycles. The molecule has 3 rings (SSSR count). The maximum absolute atomic E-state index is 10.1. The Labute approximate surface area is 92.3 Å². The second kappa shape index (κ2) is 2.99. The van der Waals surface area contributed by atoms with Crippen LogP contribution in [0.25, 0.3) is 0 Å². The van der Waals surface area contributed by atoms with Crippen LogP contribution in [0.15, 0.2) is 0 Å². The molecule has 3 heterocycles. The predicted octanol–water partition coefficient (Wildman–Crippen LogP) is -0.199. The number of tetrazole rings is 1. The van der Waals surface area contributed by atoms with Crippen LogP contribution in [0, 0.1) is 0 Å². The van der Waals surface area contributed by atoms with Gasteiger partial charge in [0.05, 0.1) is 6.04 Å². The second-order valence-electron chi connectivity index (χ2n) is 4.73. The molecule has 7 nitrogen and oxygen atoms in total. The third kappa shape index (κ3) is 1.22. The lowest BCUT2D eigenvalue weighted by Gasteiger charge is -2.31. The smallest absolute Gasteiger partial charge is 0.183 e. The maximum Gasteiger partial charge on any atom is 0.183 e. The molecular formula is C9H14N4O3. The number of ether oxygens (including phenoxy) is 2. The van der Waals surface area contributed by atoms with Crippen molar-refractivity contribution < 1.29 is 14.6 Å². The van der Waals surface area contributed by atoms with Crippen LogP contribution in [0.4, 0.5) is 0 Å². The van der Waals surface area contributed by atoms with E-state index in [0.29, 0.717) is 5.82 Å². The lowest BCUT2D eigenvalue weighted by molar-refractivity contribution is -0.156. The van der Waals surface area contributed by atoms with Gasteiger partial charge < -0.3 is 14.6 Å². The standard InChI is InChI=1S/C9H14N4O3/c1-4-5(14)6-7(16-9(2,3)15-6)8-10-11-12-13(4)8/h4-7,14H,1-3H3/t4-,5-,6+,7+/m0/s1. The minimum atomic E-state index is -0.711. The van der Waals surface area contributed by atoms with Gasteiger partial charge >= 0.3 is 0 Å². The molecule has 0 spiro atoms. The summed E-state index contributed by atoms with van der Waals surface area (Å²) >= 11 is 0. The lowest BCUT2D eigenvalue weighted by atomic mass is 9.97. The number of aliphatic hydroxyl groups excluding tert-OH is 1. The van der Waals surface area contributed by atoms with E-state index in [4.69, 9.17) is 9.47 Å². The van der Waals surface area contributed by atoms with Gasteiger partial charge in [0.1, 0.15) is 12.2 Å². The highest BCUT2D eigenvalue weighted by atomic mass is 16.8. The van der Waals surface area contributed by atoms with Crippen LogP contribution in [0.1, 0.15) is 38.7 Å². The summed E-state index contributed by atoms with van der Waals surface area (Å²) in [7, 11) is 0. The number of rotatable bonds is 0. The van der Waals surface area contributed by atoms with Crippen molar-refractivity contribution in [3.8, 4) is 0 Å². The van der Waals surface area contributed by atoms with Gasteiger partial charge in [-0.1, -0.05) is 0 Å². The van der Waals surface area contributed by atoms with Gasteiger partial charge in [0, 0.05) is 0 Å². The highest BCUT2D eigenvalue weighted by molar-refractivity contribution is 5.06. The zero-order chi connectivity index (χ0) is 11.5. The van der Waals surface area contributed by atoms with E-state index >= 15 is 0 Å². The molecule has 1 aromatic heterocycles. The highest BCUT2D eigenvalue weighted by Crippen LogP contribution is 2.43. The fraction of sp³-hybridized carbons (Fsp3) is 0.889. The summed E-state index contributed by atoms with van der Waals surface area (Å²) in [5.41, 5.74) is 0. The van der Waals surface area contributed by atoms with Gasteiger partial charge in [0.15, 0.2) is 17.7 Å². The van der Waals surface area contributed by atoms with Gasteiger partial charge in [-0.3, -0.25) is 0 Å². The Balaban J connectivity index is 2.06. The molecule has 1 N–H and O–H groups in total. The molecule has 0 saturated carbocycles. The van der Waals surface area contributed by atoms with Crippen molar-refractivity contribution in [3.05, 3.63) is 5.82 Å². The van der Waals surface area contributed by atoms with Crippen molar-refractivity contribution in [2.75, 3.05) is 0 Å². The van der Waals surface area contributed by atoms with Crippen LogP contribution in [-0.2, 0) is 9.47 Å². The molecular weight excluding hydrogens is 212 g/mol. The second-order valence-corrected chi connectivity index (χ2v) is 4.73. The molecule has 2 aliphatic heterocycles. The number of aromatic nitrogens is 4. The Morgan fingerprint density at radius 1 is 1.38 bits per heavy atom. The van der Waals surface area contributed by atoms with E-state index in [0.717, 1.165) is 0 Å². The van der Waals surface area contributed by atoms with E-state index in [9.17, 15) is 5.11 Å². The fourth-order valence-electron chi connectivity index (χ4n) is 2.34. The topological polar surface area (TPSA) is 82.3 Å². The first-order valence-electron chi connectivity index (χ1n) is 5.31. The van der Waals surface area contributed by atoms with Crippen molar-refractivity contribution in [1.82, 2.24) is 20.2 Å². The Morgan fingerprint density at radius 3 is 2.88 bits per heavy atom. The number of fused-ring (bicyclic) bond motifs is 3. The summed E-state index contributed by atoms with van der Waals surface area (Å²) in [5.74, 6) is -0.0923. The van der Waals surface area contributed by atoms with Crippen molar-refractivity contribution >= 4 is 0 Å². The molecule has 4 atom stereocenters. The molecule has 0 unspecified atom stereocenters. The summed E-state index contributed by atoms with van der Waals surface area (Å²) in [4.78, 5) is 0. The highest BCUT2D eigenvalue weighted by Gasteiger charge is 2.52. The third-order valence-electron chi connectivity index (χ3n) is 3.12. The van der Waals surface area contributed by atoms with Gasteiger partial charge in [-0.2, -0.15) is 0 Å². The monoisotopic (exact) mass is 226 g/mol. The molecule has 1 fully saturated rings.